The van der Waals surface area contributed by atoms with E-state index in [1.54, 1.807) is 56.1 Å². The number of nitrogens with zero attached hydrogens (tertiary/aromatic N) is 12. The maximum atomic E-state index is 14.4. The second kappa shape index (κ2) is 30.5. The molecule has 498 valence electrons. The minimum Gasteiger partial charge on any atom is -0.459 e. The van der Waals surface area contributed by atoms with Crippen LogP contribution in [0.25, 0.3) is 32.7 Å². The average Bonchev–Trinajstić information content (AvgIpc) is 0.937. The summed E-state index contributed by atoms with van der Waals surface area (Å²) in [7, 11) is 0. The van der Waals surface area contributed by atoms with Crippen LogP contribution in [-0.4, -0.2) is 136 Å². The van der Waals surface area contributed by atoms with Gasteiger partial charge in [0.1, 0.15) is 46.5 Å². The van der Waals surface area contributed by atoms with Crippen LogP contribution in [0.1, 0.15) is 80.7 Å². The molecule has 3 amide bonds. The number of piperazine rings is 3. The van der Waals surface area contributed by atoms with Gasteiger partial charge in [-0.3, -0.25) is 28.8 Å². The monoisotopic (exact) mass is 1350 g/mol. The number of aryl methyl sites for hydroxylation is 1. The van der Waals surface area contributed by atoms with Crippen molar-refractivity contribution in [1.82, 2.24) is 28.4 Å². The average molecular weight is 1350 g/mol. The Bertz CT molecular complexity index is 4900. The predicted molar refractivity (Wildman–Crippen MR) is 378 cm³/mol. The van der Waals surface area contributed by atoms with Gasteiger partial charge < -0.3 is 47.5 Å². The molecule has 14 rings (SSSR count). The fourth-order valence-electron chi connectivity index (χ4n) is 13.4. The van der Waals surface area contributed by atoms with Crippen molar-refractivity contribution in [3.63, 3.8) is 0 Å². The van der Waals surface area contributed by atoms with Crippen molar-refractivity contribution >= 4 is 90.6 Å². The van der Waals surface area contributed by atoms with Crippen LogP contribution in [0.5, 0.6) is 0 Å². The second-order valence-corrected chi connectivity index (χ2v) is 26.5. The molecule has 5 aromatic heterocycles. The van der Waals surface area contributed by atoms with Crippen LogP contribution in [0, 0.1) is 45.6 Å². The first-order chi connectivity index (χ1) is 47.8. The number of carbonyl (C=O) groups is 3. The number of aromatic nitrogens is 3. The molecule has 0 bridgehead atoms. The largest absolute Gasteiger partial charge is 0.459 e. The molecule has 9 heterocycles. The van der Waals surface area contributed by atoms with Gasteiger partial charge in [0.15, 0.2) is 5.76 Å². The fourth-order valence-corrected chi connectivity index (χ4v) is 15.3. The lowest BCUT2D eigenvalue weighted by Crippen LogP contribution is -2.51. The van der Waals surface area contributed by atoms with Crippen molar-refractivity contribution in [2.45, 2.75) is 57.5 Å². The lowest BCUT2D eigenvalue weighted by Gasteiger charge is -2.38. The van der Waals surface area contributed by atoms with Crippen molar-refractivity contribution in [2.75, 3.05) is 99.0 Å². The Morgan fingerprint density at radius 2 is 1.01 bits per heavy atom. The number of nitriles is 3. The summed E-state index contributed by atoms with van der Waals surface area (Å²) < 4.78 is 37.8. The highest BCUT2D eigenvalue weighted by Gasteiger charge is 2.34. The fraction of sp³-hybridized carbons (Fsp3) is 0.293. The zero-order valence-electron chi connectivity index (χ0n) is 54.0. The Balaban J connectivity index is 0.000000140. The van der Waals surface area contributed by atoms with E-state index >= 15 is 0 Å². The van der Waals surface area contributed by atoms with Crippen molar-refractivity contribution in [1.29, 1.82) is 15.8 Å². The van der Waals surface area contributed by atoms with Crippen LogP contribution in [0.4, 0.5) is 25.8 Å². The van der Waals surface area contributed by atoms with E-state index in [1.807, 2.05) is 111 Å². The lowest BCUT2D eigenvalue weighted by atomic mass is 10.1. The number of unbranched alkanes of at least 4 members (excludes halogenated alkanes) is 1. The zero-order chi connectivity index (χ0) is 68.4. The van der Waals surface area contributed by atoms with Gasteiger partial charge in [-0.25, -0.2) is 8.78 Å². The van der Waals surface area contributed by atoms with E-state index in [9.17, 15) is 53.3 Å². The first kappa shape index (κ1) is 67.2. The summed E-state index contributed by atoms with van der Waals surface area (Å²) in [6.45, 7) is 9.38. The number of para-hydroxylation sites is 2. The Labute approximate surface area is 572 Å². The van der Waals surface area contributed by atoms with E-state index in [1.165, 1.54) is 46.4 Å². The highest BCUT2D eigenvalue weighted by Crippen LogP contribution is 2.35. The summed E-state index contributed by atoms with van der Waals surface area (Å²) in [5, 5.41) is 34.0. The van der Waals surface area contributed by atoms with Gasteiger partial charge in [0.05, 0.1) is 63.1 Å². The molecule has 0 radical (unpaired) electrons. The number of hydrogen-bond donors (Lipinski definition) is 0. The molecule has 1 atom stereocenters. The van der Waals surface area contributed by atoms with Gasteiger partial charge in [-0.1, -0.05) is 98.3 Å². The SMILES string of the molecule is CCCCn1c(=O)c(C#N)c(N2CCN(C(=O)c3cccs3)CC2)c2ccccc21.N#Cc1c(N2CCN(C(=O)C3CCCS3)CC2)c2ccccc2n(Cc2ccc(F)cc2)c1=O.N#Cc1c(N2CCN(C(=O)c3ccco3)CC2)c2cc(F)ccc2n(Cc2ccccc2)c1=O. The molecule has 98 heavy (non-hydrogen) atoms. The van der Waals surface area contributed by atoms with E-state index in [0.29, 0.717) is 113 Å². The summed E-state index contributed by atoms with van der Waals surface area (Å²) in [4.78, 5) is 90.4. The number of rotatable bonds is 13. The number of anilines is 3. The molecule has 19 nitrogen and oxygen atoms in total. The minimum atomic E-state index is -0.450. The number of thioether (sulfide) groups is 1. The molecule has 4 fully saturated rings. The van der Waals surface area contributed by atoms with E-state index < -0.39 is 11.4 Å². The van der Waals surface area contributed by atoms with Crippen LogP contribution in [0.2, 0.25) is 0 Å². The van der Waals surface area contributed by atoms with Crippen molar-refractivity contribution in [3.8, 4) is 18.2 Å². The van der Waals surface area contributed by atoms with E-state index in [4.69, 9.17) is 4.42 Å². The van der Waals surface area contributed by atoms with E-state index in [-0.39, 0.29) is 75.4 Å². The van der Waals surface area contributed by atoms with Gasteiger partial charge in [0.25, 0.3) is 28.5 Å². The summed E-state index contributed by atoms with van der Waals surface area (Å²) in [5.74, 6) is 0.573. The first-order valence-electron chi connectivity index (χ1n) is 32.8. The number of benzene rings is 5. The number of amides is 3. The topological polar surface area (TPSA) is 221 Å². The predicted octanol–water partition coefficient (Wildman–Crippen LogP) is 10.9. The van der Waals surface area contributed by atoms with Gasteiger partial charge in [0, 0.05) is 101 Å². The highest BCUT2D eigenvalue weighted by atomic mass is 32.2. The van der Waals surface area contributed by atoms with Gasteiger partial charge >= 0.3 is 0 Å². The molecule has 1 unspecified atom stereocenters. The van der Waals surface area contributed by atoms with Gasteiger partial charge in [-0.15, -0.1) is 23.1 Å². The summed E-state index contributed by atoms with van der Waals surface area (Å²) >= 11 is 3.19. The number of thiophene rings is 1. The number of furan rings is 1. The molecule has 4 aliphatic heterocycles. The number of carbonyl (C=O) groups excluding carboxylic acids is 3. The van der Waals surface area contributed by atoms with Gasteiger partial charge in [-0.2, -0.15) is 15.8 Å². The molecule has 5 aromatic carbocycles. The Hall–Kier alpha value is -10.8. The van der Waals surface area contributed by atoms with Gasteiger partial charge in [-0.05, 0) is 102 Å². The van der Waals surface area contributed by atoms with Gasteiger partial charge in [0.2, 0.25) is 5.91 Å². The quantitative estimate of drug-likeness (QED) is 0.105. The smallest absolute Gasteiger partial charge is 0.289 e. The summed E-state index contributed by atoms with van der Waals surface area (Å²) in [5.41, 5.74) is 4.85. The Kier molecular flexibility index (Phi) is 20.9. The Morgan fingerprint density at radius 1 is 0.520 bits per heavy atom. The molecular formula is C75H70F2N12O7S2. The molecule has 23 heteroatoms. The molecule has 0 saturated carbocycles. The van der Waals surface area contributed by atoms with Crippen LogP contribution in [-0.2, 0) is 24.4 Å². The van der Waals surface area contributed by atoms with Crippen molar-refractivity contribution in [3.05, 3.63) is 238 Å². The molecular weight excluding hydrogens is 1280 g/mol. The zero-order valence-corrected chi connectivity index (χ0v) is 55.7. The van der Waals surface area contributed by atoms with Crippen molar-refractivity contribution in [2.24, 2.45) is 0 Å². The number of halogens is 2. The molecule has 4 aliphatic rings. The molecule has 0 spiro atoms. The summed E-state index contributed by atoms with van der Waals surface area (Å²) in [6, 6.07) is 48.5. The van der Waals surface area contributed by atoms with Crippen LogP contribution in [0.3, 0.4) is 0 Å². The normalized spacial score (nSPS) is 15.4. The molecule has 10 aromatic rings. The first-order valence-corrected chi connectivity index (χ1v) is 34.7. The standard InChI is InChI=1S/C26H21FN4O3.C26H25FN4O2S.C23H24N4O2S/c27-19-8-9-22-20(15-19)24(21(16-28)25(32)31(22)17-18-5-2-1-3-6-18)29-10-12-30(13-11-29)26(33)23-7-4-14-34-23;27-19-9-7-18(8-10-19)17-31-22-5-2-1-4-20(22)24(21(16-28)25(31)32)29-11-13-30(14-12-29)26(33)23-6-3-15-34-23;1-2-3-10-27-19-8-5-4-7-17(19)21(18(16-24)22(27)28)25-11-13-26(14-12-25)23(29)20-9-6-15-30-20/h1-9,14-15H,10-13,17H2;1-2,4-5,7-10,23H,3,6,11-15,17H2;4-9,15H,2-3,10-14H2,1H3. The summed E-state index contributed by atoms with van der Waals surface area (Å²) in [6.07, 6.45) is 5.35. The Morgan fingerprint density at radius 3 is 1.52 bits per heavy atom. The van der Waals surface area contributed by atoms with E-state index in [0.717, 1.165) is 69.2 Å². The molecule has 4 saturated heterocycles. The number of hydrogen-bond acceptors (Lipinski definition) is 15. The molecule has 0 aliphatic carbocycles. The van der Waals surface area contributed by atoms with Crippen LogP contribution < -0.4 is 31.4 Å². The van der Waals surface area contributed by atoms with Crippen molar-refractivity contribution < 1.29 is 27.6 Å². The molecule has 0 N–H and O–H groups in total. The van der Waals surface area contributed by atoms with Crippen LogP contribution >= 0.6 is 23.1 Å². The van der Waals surface area contributed by atoms with Crippen LogP contribution in [0.15, 0.2) is 176 Å². The number of fused-ring (bicyclic) bond motifs is 3. The second-order valence-electron chi connectivity index (χ2n) is 24.2. The maximum Gasteiger partial charge on any atom is 0.289 e. The van der Waals surface area contributed by atoms with E-state index in [2.05, 4.69) is 34.9 Å². The third-order valence-electron chi connectivity index (χ3n) is 18.3. The minimum absolute atomic E-state index is 0.0279. The lowest BCUT2D eigenvalue weighted by molar-refractivity contribution is -0.130. The third-order valence-corrected chi connectivity index (χ3v) is 20.6. The highest BCUT2D eigenvalue weighted by molar-refractivity contribution is 8.00. The number of pyridine rings is 3. The third kappa shape index (κ3) is 14.1. The maximum absolute atomic E-state index is 14.4.